The molecule has 0 bridgehead atoms. The fraction of sp³-hybridized carbons (Fsp3) is 0.667. The van der Waals surface area contributed by atoms with Gasteiger partial charge >= 0.3 is 11.9 Å². The van der Waals surface area contributed by atoms with E-state index in [1.807, 2.05) is 0 Å². The molecule has 0 aliphatic heterocycles. The van der Waals surface area contributed by atoms with Gasteiger partial charge in [0.1, 0.15) is 0 Å². The molecule has 2 rings (SSSR count). The molecular weight excluding hydrogens is 352 g/mol. The van der Waals surface area contributed by atoms with E-state index in [2.05, 4.69) is 25.1 Å². The van der Waals surface area contributed by atoms with Crippen molar-refractivity contribution in [3.05, 3.63) is 34.9 Å². The predicted octanol–water partition coefficient (Wildman–Crippen LogP) is 5.35. The molecule has 28 heavy (non-hydrogen) atoms. The highest BCUT2D eigenvalue weighted by atomic mass is 16.5. The van der Waals surface area contributed by atoms with Crippen LogP contribution in [0.4, 0.5) is 0 Å². The average molecular weight is 389 g/mol. The number of benzene rings is 1. The molecule has 0 radical (unpaired) electrons. The minimum absolute atomic E-state index is 0.201. The van der Waals surface area contributed by atoms with Crippen molar-refractivity contribution in [1.29, 1.82) is 0 Å². The molecule has 2 atom stereocenters. The molecule has 0 fully saturated rings. The quantitative estimate of drug-likeness (QED) is 0.315. The lowest BCUT2D eigenvalue weighted by molar-refractivity contribution is -0.172. The van der Waals surface area contributed by atoms with Crippen molar-refractivity contribution in [3.63, 3.8) is 0 Å². The summed E-state index contributed by atoms with van der Waals surface area (Å²) in [5.41, 5.74) is 2.39. The Morgan fingerprint density at radius 2 is 1.82 bits per heavy atom. The highest BCUT2D eigenvalue weighted by Crippen LogP contribution is 2.39. The summed E-state index contributed by atoms with van der Waals surface area (Å²) in [7, 11) is 0. The third-order valence-corrected chi connectivity index (χ3v) is 6.28. The Morgan fingerprint density at radius 1 is 1.11 bits per heavy atom. The van der Waals surface area contributed by atoms with E-state index in [9.17, 15) is 14.7 Å². The first-order valence-corrected chi connectivity index (χ1v) is 10.9. The fourth-order valence-electron chi connectivity index (χ4n) is 4.28. The van der Waals surface area contributed by atoms with Gasteiger partial charge in [0.15, 0.2) is 5.41 Å². The van der Waals surface area contributed by atoms with E-state index in [1.54, 1.807) is 6.92 Å². The van der Waals surface area contributed by atoms with Crippen molar-refractivity contribution in [2.45, 2.75) is 85.0 Å². The lowest BCUT2D eigenvalue weighted by Gasteiger charge is -2.35. The number of hydrogen-bond donors (Lipinski definition) is 1. The zero-order chi connectivity index (χ0) is 20.6. The van der Waals surface area contributed by atoms with Crippen LogP contribution in [0.15, 0.2) is 18.2 Å². The van der Waals surface area contributed by atoms with Gasteiger partial charge in [0.2, 0.25) is 0 Å². The second kappa shape index (κ2) is 10.6. The lowest BCUT2D eigenvalue weighted by Crippen LogP contribution is -2.46. The first kappa shape index (κ1) is 22.4. The number of aliphatic carboxylic acids is 1. The van der Waals surface area contributed by atoms with Crippen LogP contribution in [0.25, 0.3) is 0 Å². The number of rotatable bonds is 11. The van der Waals surface area contributed by atoms with Crippen LogP contribution in [0.1, 0.15) is 82.4 Å². The first-order valence-electron chi connectivity index (χ1n) is 10.9. The summed E-state index contributed by atoms with van der Waals surface area (Å²) in [5.74, 6) is -1.93. The highest BCUT2D eigenvalue weighted by molar-refractivity contribution is 5.99. The first-order chi connectivity index (χ1) is 13.4. The van der Waals surface area contributed by atoms with Gasteiger partial charge in [-0.3, -0.25) is 9.59 Å². The van der Waals surface area contributed by atoms with Crippen molar-refractivity contribution in [2.24, 2.45) is 11.3 Å². The molecule has 0 aromatic heterocycles. The molecule has 0 saturated heterocycles. The van der Waals surface area contributed by atoms with E-state index in [0.717, 1.165) is 12.8 Å². The van der Waals surface area contributed by atoms with Crippen molar-refractivity contribution >= 4 is 11.9 Å². The molecule has 1 aromatic rings. The maximum Gasteiger partial charge on any atom is 0.323 e. The summed E-state index contributed by atoms with van der Waals surface area (Å²) < 4.78 is 5.09. The van der Waals surface area contributed by atoms with E-state index in [1.165, 1.54) is 62.1 Å². The molecule has 1 aromatic carbocycles. The van der Waals surface area contributed by atoms with E-state index in [4.69, 9.17) is 4.74 Å². The molecule has 4 nitrogen and oxygen atoms in total. The number of carboxylic acids is 1. The number of esters is 1. The van der Waals surface area contributed by atoms with Crippen LogP contribution in [0.2, 0.25) is 0 Å². The van der Waals surface area contributed by atoms with Crippen molar-refractivity contribution in [1.82, 2.24) is 0 Å². The van der Waals surface area contributed by atoms with Crippen LogP contribution >= 0.6 is 0 Å². The number of unbranched alkanes of at least 4 members (excludes halogenated alkanes) is 5. The number of carboxylic acid groups (broad SMARTS) is 1. The zero-order valence-electron chi connectivity index (χ0n) is 17.8. The van der Waals surface area contributed by atoms with Gasteiger partial charge in [-0.15, -0.1) is 0 Å². The van der Waals surface area contributed by atoms with Crippen molar-refractivity contribution < 1.29 is 19.4 Å². The molecule has 0 saturated carbocycles. The SMILES string of the molecule is CCCCCCCCc1ccc2c(c1)CCC(C(C)(C(=O)O)C(=O)OCC)C2. The Hall–Kier alpha value is -1.84. The molecule has 1 aliphatic carbocycles. The third kappa shape index (κ3) is 5.36. The summed E-state index contributed by atoms with van der Waals surface area (Å²) in [6.07, 6.45) is 11.0. The Morgan fingerprint density at radius 3 is 2.50 bits per heavy atom. The number of aryl methyl sites for hydroxylation is 2. The van der Waals surface area contributed by atoms with Gasteiger partial charge in [-0.25, -0.2) is 0 Å². The molecule has 4 heteroatoms. The van der Waals surface area contributed by atoms with Gasteiger partial charge in [0.05, 0.1) is 6.61 Å². The van der Waals surface area contributed by atoms with Crippen molar-refractivity contribution in [3.8, 4) is 0 Å². The van der Waals surface area contributed by atoms with Gasteiger partial charge < -0.3 is 9.84 Å². The minimum Gasteiger partial charge on any atom is -0.480 e. The number of carbonyl (C=O) groups is 2. The van der Waals surface area contributed by atoms with E-state index in [0.29, 0.717) is 12.8 Å². The molecule has 0 amide bonds. The Bertz CT molecular complexity index is 667. The van der Waals surface area contributed by atoms with Crippen LogP contribution in [0, 0.1) is 11.3 Å². The Balaban J connectivity index is 1.99. The Labute approximate surface area is 169 Å². The van der Waals surface area contributed by atoms with E-state index in [-0.39, 0.29) is 12.5 Å². The predicted molar refractivity (Wildman–Crippen MR) is 111 cm³/mol. The minimum atomic E-state index is -1.48. The molecule has 0 heterocycles. The molecule has 0 spiro atoms. The molecule has 2 unspecified atom stereocenters. The highest BCUT2D eigenvalue weighted by Gasteiger charge is 2.50. The molecule has 1 N–H and O–H groups in total. The monoisotopic (exact) mass is 388 g/mol. The summed E-state index contributed by atoms with van der Waals surface area (Å²) >= 11 is 0. The second-order valence-electron chi connectivity index (χ2n) is 8.29. The maximum absolute atomic E-state index is 12.4. The van der Waals surface area contributed by atoms with Gasteiger partial charge in [-0.1, -0.05) is 57.2 Å². The smallest absolute Gasteiger partial charge is 0.323 e. The van der Waals surface area contributed by atoms with Crippen LogP contribution in [0.5, 0.6) is 0 Å². The largest absolute Gasteiger partial charge is 0.480 e. The van der Waals surface area contributed by atoms with Gasteiger partial charge in [-0.05, 0) is 68.6 Å². The van der Waals surface area contributed by atoms with E-state index < -0.39 is 17.4 Å². The van der Waals surface area contributed by atoms with Crippen LogP contribution in [-0.4, -0.2) is 23.7 Å². The maximum atomic E-state index is 12.4. The van der Waals surface area contributed by atoms with Gasteiger partial charge in [0, 0.05) is 0 Å². The lowest BCUT2D eigenvalue weighted by atomic mass is 9.68. The van der Waals surface area contributed by atoms with Gasteiger partial charge in [0.25, 0.3) is 0 Å². The summed E-state index contributed by atoms with van der Waals surface area (Å²) in [6, 6.07) is 6.61. The van der Waals surface area contributed by atoms with Crippen LogP contribution in [-0.2, 0) is 33.6 Å². The fourth-order valence-corrected chi connectivity index (χ4v) is 4.28. The molecule has 1 aliphatic rings. The standard InChI is InChI=1S/C24H36O4/c1-4-6-7-8-9-10-11-18-12-13-20-17-21(15-14-19(20)16-18)24(3,22(25)26)23(27)28-5-2/h12-13,16,21H,4-11,14-15,17H2,1-3H3,(H,25,26). The molecule has 156 valence electrons. The second-order valence-corrected chi connectivity index (χ2v) is 8.29. The van der Waals surface area contributed by atoms with Crippen LogP contribution in [0.3, 0.4) is 0 Å². The number of ether oxygens (including phenoxy) is 1. The number of carbonyl (C=O) groups excluding carboxylic acids is 1. The topological polar surface area (TPSA) is 63.6 Å². The normalized spacial score (nSPS) is 18.2. The van der Waals surface area contributed by atoms with E-state index >= 15 is 0 Å². The van der Waals surface area contributed by atoms with Crippen molar-refractivity contribution in [2.75, 3.05) is 6.61 Å². The number of hydrogen-bond acceptors (Lipinski definition) is 3. The summed E-state index contributed by atoms with van der Waals surface area (Å²) in [5, 5.41) is 9.75. The third-order valence-electron chi connectivity index (χ3n) is 6.28. The number of fused-ring (bicyclic) bond motifs is 1. The summed E-state index contributed by atoms with van der Waals surface area (Å²) in [4.78, 5) is 24.3. The summed E-state index contributed by atoms with van der Waals surface area (Å²) in [6.45, 7) is 5.67. The Kier molecular flexibility index (Phi) is 8.53. The van der Waals surface area contributed by atoms with Crippen LogP contribution < -0.4 is 0 Å². The average Bonchev–Trinajstić information content (AvgIpc) is 2.69. The van der Waals surface area contributed by atoms with Gasteiger partial charge in [-0.2, -0.15) is 0 Å². The molecular formula is C24H36O4. The zero-order valence-corrected chi connectivity index (χ0v) is 17.8.